The maximum atomic E-state index is 13.9. The SMILES string of the molecule is O=C1C[C@H](c2ccccc2OCc2ccccn2)c2cn(Cc3cccc(F)c3)c3cccc(c23)N1. The number of rotatable bonds is 6. The smallest absolute Gasteiger partial charge is 0.225 e. The Kier molecular flexibility index (Phi) is 5.70. The van der Waals surface area contributed by atoms with Crippen LogP contribution in [0, 0.1) is 5.82 Å². The molecular formula is C30H24FN3O2. The van der Waals surface area contributed by atoms with Crippen molar-refractivity contribution in [2.24, 2.45) is 0 Å². The molecule has 36 heavy (non-hydrogen) atoms. The standard InChI is InChI=1S/C30H24FN3O2/c31-21-8-5-7-20(15-21)17-34-18-25-24(16-29(35)33-26-11-6-12-27(34)30(25)26)23-10-1-2-13-28(23)36-19-22-9-3-4-14-32-22/h1-15,18,24H,16-17,19H2,(H,33,35)/t24-/m1/s1. The lowest BCUT2D eigenvalue weighted by Gasteiger charge is -2.19. The number of hydrogen-bond acceptors (Lipinski definition) is 3. The van der Waals surface area contributed by atoms with Crippen molar-refractivity contribution in [3.63, 3.8) is 0 Å². The van der Waals surface area contributed by atoms with E-state index in [1.807, 2.05) is 66.7 Å². The topological polar surface area (TPSA) is 56.1 Å². The molecule has 178 valence electrons. The largest absolute Gasteiger partial charge is 0.487 e. The Morgan fingerprint density at radius 1 is 0.972 bits per heavy atom. The van der Waals surface area contributed by atoms with Crippen LogP contribution in [0.15, 0.2) is 97.3 Å². The van der Waals surface area contributed by atoms with Gasteiger partial charge in [-0.05, 0) is 53.6 Å². The molecule has 0 unspecified atom stereocenters. The van der Waals surface area contributed by atoms with Gasteiger partial charge in [0.2, 0.25) is 5.91 Å². The highest BCUT2D eigenvalue weighted by Crippen LogP contribution is 2.43. The van der Waals surface area contributed by atoms with E-state index in [-0.39, 0.29) is 24.1 Å². The first-order valence-electron chi connectivity index (χ1n) is 11.9. The van der Waals surface area contributed by atoms with E-state index in [9.17, 15) is 9.18 Å². The summed E-state index contributed by atoms with van der Waals surface area (Å²) in [6.45, 7) is 0.861. The fourth-order valence-electron chi connectivity index (χ4n) is 5.03. The number of halogens is 1. The van der Waals surface area contributed by atoms with E-state index in [1.54, 1.807) is 18.3 Å². The number of carbonyl (C=O) groups excluding carboxylic acids is 1. The molecule has 0 spiro atoms. The molecule has 1 amide bonds. The van der Waals surface area contributed by atoms with Gasteiger partial charge in [-0.2, -0.15) is 0 Å². The quantitative estimate of drug-likeness (QED) is 0.313. The van der Waals surface area contributed by atoms with Crippen LogP contribution in [0.25, 0.3) is 10.9 Å². The molecule has 0 aliphatic carbocycles. The van der Waals surface area contributed by atoms with Crippen molar-refractivity contribution in [3.05, 3.63) is 126 Å². The van der Waals surface area contributed by atoms with E-state index in [2.05, 4.69) is 21.1 Å². The van der Waals surface area contributed by atoms with Gasteiger partial charge in [-0.25, -0.2) is 4.39 Å². The third kappa shape index (κ3) is 4.22. The fraction of sp³-hybridized carbons (Fsp3) is 0.133. The van der Waals surface area contributed by atoms with Gasteiger partial charge in [0.25, 0.3) is 0 Å². The molecule has 3 aromatic carbocycles. The minimum atomic E-state index is -0.255. The fourth-order valence-corrected chi connectivity index (χ4v) is 5.03. The van der Waals surface area contributed by atoms with Gasteiger partial charge in [-0.3, -0.25) is 9.78 Å². The average molecular weight is 478 g/mol. The zero-order valence-corrected chi connectivity index (χ0v) is 19.5. The predicted octanol–water partition coefficient (Wildman–Crippen LogP) is 6.28. The number of nitrogens with one attached hydrogen (secondary N) is 1. The zero-order chi connectivity index (χ0) is 24.5. The molecule has 1 aliphatic rings. The molecule has 3 heterocycles. The third-order valence-electron chi connectivity index (χ3n) is 6.61. The van der Waals surface area contributed by atoms with Crippen LogP contribution < -0.4 is 10.1 Å². The number of nitrogens with zero attached hydrogens (tertiary/aromatic N) is 2. The molecule has 1 N–H and O–H groups in total. The maximum Gasteiger partial charge on any atom is 0.225 e. The van der Waals surface area contributed by atoms with Crippen molar-refractivity contribution < 1.29 is 13.9 Å². The minimum Gasteiger partial charge on any atom is -0.487 e. The summed E-state index contributed by atoms with van der Waals surface area (Å²) in [4.78, 5) is 17.3. The lowest BCUT2D eigenvalue weighted by atomic mass is 9.88. The second-order valence-corrected chi connectivity index (χ2v) is 8.99. The third-order valence-corrected chi connectivity index (χ3v) is 6.61. The number of hydrogen-bond donors (Lipinski definition) is 1. The first-order chi connectivity index (χ1) is 17.7. The van der Waals surface area contributed by atoms with Crippen LogP contribution >= 0.6 is 0 Å². The molecule has 1 atom stereocenters. The van der Waals surface area contributed by atoms with Crippen molar-refractivity contribution in [1.29, 1.82) is 0 Å². The van der Waals surface area contributed by atoms with Crippen molar-refractivity contribution in [1.82, 2.24) is 9.55 Å². The zero-order valence-electron chi connectivity index (χ0n) is 19.5. The summed E-state index contributed by atoms with van der Waals surface area (Å²) < 4.78 is 22.2. The van der Waals surface area contributed by atoms with Gasteiger partial charge in [0.05, 0.1) is 16.9 Å². The molecule has 0 saturated carbocycles. The van der Waals surface area contributed by atoms with Gasteiger partial charge >= 0.3 is 0 Å². The summed E-state index contributed by atoms with van der Waals surface area (Å²) in [5, 5.41) is 4.09. The van der Waals surface area contributed by atoms with Gasteiger partial charge in [-0.15, -0.1) is 0 Å². The highest BCUT2D eigenvalue weighted by molar-refractivity contribution is 6.06. The van der Waals surface area contributed by atoms with Crippen LogP contribution in [0.1, 0.15) is 34.7 Å². The van der Waals surface area contributed by atoms with Gasteiger partial charge in [0.1, 0.15) is 18.2 Å². The molecule has 6 rings (SSSR count). The molecule has 0 bridgehead atoms. The van der Waals surface area contributed by atoms with Gasteiger partial charge in [0, 0.05) is 42.2 Å². The highest BCUT2D eigenvalue weighted by atomic mass is 19.1. The van der Waals surface area contributed by atoms with Gasteiger partial charge < -0.3 is 14.6 Å². The number of ether oxygens (including phenoxy) is 1. The number of benzene rings is 3. The van der Waals surface area contributed by atoms with E-state index in [1.165, 1.54) is 6.07 Å². The monoisotopic (exact) mass is 477 g/mol. The molecule has 0 saturated heterocycles. The summed E-state index contributed by atoms with van der Waals surface area (Å²) >= 11 is 0. The Balaban J connectivity index is 1.44. The van der Waals surface area contributed by atoms with E-state index >= 15 is 0 Å². The Bertz CT molecular complexity index is 1560. The summed E-state index contributed by atoms with van der Waals surface area (Å²) in [6, 6.07) is 26.2. The second-order valence-electron chi connectivity index (χ2n) is 8.99. The van der Waals surface area contributed by atoms with Crippen LogP contribution in [0.4, 0.5) is 10.1 Å². The van der Waals surface area contributed by atoms with Crippen molar-refractivity contribution >= 4 is 22.5 Å². The van der Waals surface area contributed by atoms with Crippen LogP contribution in [-0.4, -0.2) is 15.5 Å². The summed E-state index contributed by atoms with van der Waals surface area (Å²) in [7, 11) is 0. The lowest BCUT2D eigenvalue weighted by Crippen LogP contribution is -2.14. The van der Waals surface area contributed by atoms with Gasteiger partial charge in [-0.1, -0.05) is 42.5 Å². The van der Waals surface area contributed by atoms with Gasteiger partial charge in [0.15, 0.2) is 0 Å². The molecule has 5 nitrogen and oxygen atoms in total. The van der Waals surface area contributed by atoms with Crippen LogP contribution in [-0.2, 0) is 17.9 Å². The number of amides is 1. The minimum absolute atomic E-state index is 0.0418. The number of aromatic nitrogens is 2. The molecule has 2 aromatic heterocycles. The van der Waals surface area contributed by atoms with Crippen LogP contribution in [0.3, 0.4) is 0 Å². The molecule has 1 aliphatic heterocycles. The van der Waals surface area contributed by atoms with E-state index in [0.29, 0.717) is 13.2 Å². The first kappa shape index (κ1) is 22.0. The molecular weight excluding hydrogens is 453 g/mol. The second kappa shape index (κ2) is 9.30. The summed E-state index contributed by atoms with van der Waals surface area (Å²) in [5.74, 6) is 0.228. The Hall–Kier alpha value is -4.45. The number of carbonyl (C=O) groups is 1. The highest BCUT2D eigenvalue weighted by Gasteiger charge is 2.29. The Morgan fingerprint density at radius 3 is 2.69 bits per heavy atom. The number of pyridine rings is 1. The molecule has 0 radical (unpaired) electrons. The average Bonchev–Trinajstić information content (AvgIpc) is 3.18. The predicted molar refractivity (Wildman–Crippen MR) is 138 cm³/mol. The van der Waals surface area contributed by atoms with Crippen molar-refractivity contribution in [2.75, 3.05) is 5.32 Å². The first-order valence-corrected chi connectivity index (χ1v) is 11.9. The summed E-state index contributed by atoms with van der Waals surface area (Å²) in [5.41, 5.74) is 5.49. The Labute approximate surface area is 208 Å². The lowest BCUT2D eigenvalue weighted by molar-refractivity contribution is -0.116. The number of para-hydroxylation sites is 1. The molecule has 0 fully saturated rings. The van der Waals surface area contributed by atoms with E-state index in [0.717, 1.165) is 44.7 Å². The number of anilines is 1. The summed E-state index contributed by atoms with van der Waals surface area (Å²) in [6.07, 6.45) is 4.13. The van der Waals surface area contributed by atoms with E-state index < -0.39 is 0 Å². The molecule has 6 heteroatoms. The molecule has 5 aromatic rings. The van der Waals surface area contributed by atoms with Crippen LogP contribution in [0.5, 0.6) is 5.75 Å². The maximum absolute atomic E-state index is 13.9. The Morgan fingerprint density at radius 2 is 1.83 bits per heavy atom. The normalized spacial score (nSPS) is 14.9. The van der Waals surface area contributed by atoms with Crippen molar-refractivity contribution in [2.45, 2.75) is 25.5 Å². The van der Waals surface area contributed by atoms with Crippen molar-refractivity contribution in [3.8, 4) is 5.75 Å². The van der Waals surface area contributed by atoms with Crippen LogP contribution in [0.2, 0.25) is 0 Å². The van der Waals surface area contributed by atoms with E-state index in [4.69, 9.17) is 4.74 Å².